The first kappa shape index (κ1) is 19.8. The zero-order valence-corrected chi connectivity index (χ0v) is 19.2. The van der Waals surface area contributed by atoms with E-state index in [9.17, 15) is 19.2 Å². The first-order valence-electron chi connectivity index (χ1n) is 10.1. The second kappa shape index (κ2) is 6.79. The number of thiazole rings is 1. The van der Waals surface area contributed by atoms with Crippen LogP contribution < -0.4 is 4.87 Å². The molecular formula is C21H17BrN2O5S2. The highest BCUT2D eigenvalue weighted by molar-refractivity contribution is 9.10. The fourth-order valence-corrected chi connectivity index (χ4v) is 9.57. The van der Waals surface area contributed by atoms with Crippen LogP contribution in [0.3, 0.4) is 0 Å². The molecule has 2 aromatic rings. The van der Waals surface area contributed by atoms with Gasteiger partial charge in [0.25, 0.3) is 0 Å². The van der Waals surface area contributed by atoms with Crippen LogP contribution in [0, 0.1) is 29.6 Å². The number of aromatic amines is 1. The SMILES string of the molecule is O=C(O)CN1C(=O)[C@@H]2[C@H]3C[C@@H]([C@@H]2C1=O)[C@@H]1[C@H](c2ccc(Br)cc2)c2sc(=O)[nH]c2S[C@H]31. The minimum absolute atomic E-state index is 0.00161. The maximum Gasteiger partial charge on any atom is 0.323 e. The van der Waals surface area contributed by atoms with Gasteiger partial charge in [0.15, 0.2) is 0 Å². The highest BCUT2D eigenvalue weighted by Gasteiger charge is 2.69. The Morgan fingerprint density at radius 3 is 2.48 bits per heavy atom. The molecule has 1 aromatic heterocycles. The van der Waals surface area contributed by atoms with Crippen molar-refractivity contribution < 1.29 is 19.5 Å². The zero-order chi connectivity index (χ0) is 21.6. The summed E-state index contributed by atoms with van der Waals surface area (Å²) in [5.74, 6) is -2.63. The molecule has 3 fully saturated rings. The fraction of sp³-hybridized carbons (Fsp3) is 0.429. The first-order chi connectivity index (χ1) is 14.8. The van der Waals surface area contributed by atoms with Gasteiger partial charge in [-0.05, 0) is 41.9 Å². The molecule has 7 atom stereocenters. The van der Waals surface area contributed by atoms with Crippen molar-refractivity contribution in [2.24, 2.45) is 29.6 Å². The molecule has 2 bridgehead atoms. The van der Waals surface area contributed by atoms with E-state index in [-0.39, 0.29) is 45.6 Å². The summed E-state index contributed by atoms with van der Waals surface area (Å²) in [4.78, 5) is 54.4. The normalized spacial score (nSPS) is 35.3. The Balaban J connectivity index is 1.45. The van der Waals surface area contributed by atoms with Gasteiger partial charge in [-0.2, -0.15) is 0 Å². The van der Waals surface area contributed by atoms with Crippen molar-refractivity contribution in [3.05, 3.63) is 48.8 Å². The van der Waals surface area contributed by atoms with E-state index < -0.39 is 24.3 Å². The predicted octanol–water partition coefficient (Wildman–Crippen LogP) is 2.76. The lowest BCUT2D eigenvalue weighted by molar-refractivity contribution is -0.149. The van der Waals surface area contributed by atoms with Gasteiger partial charge in [-0.25, -0.2) is 0 Å². The van der Waals surface area contributed by atoms with Crippen molar-refractivity contribution in [3.63, 3.8) is 0 Å². The second-order valence-electron chi connectivity index (χ2n) is 8.67. The zero-order valence-electron chi connectivity index (χ0n) is 16.0. The number of nitrogens with zero attached hydrogens (tertiary/aromatic N) is 1. The van der Waals surface area contributed by atoms with E-state index in [0.717, 1.165) is 31.3 Å². The van der Waals surface area contributed by atoms with Crippen LogP contribution in [0.5, 0.6) is 0 Å². The number of thioether (sulfide) groups is 1. The lowest BCUT2D eigenvalue weighted by atomic mass is 9.68. The van der Waals surface area contributed by atoms with E-state index in [1.165, 1.54) is 11.3 Å². The van der Waals surface area contributed by atoms with Crippen LogP contribution in [0.4, 0.5) is 0 Å². The number of imide groups is 1. The Hall–Kier alpha value is -1.91. The van der Waals surface area contributed by atoms with E-state index >= 15 is 0 Å². The Morgan fingerprint density at radius 1 is 1.13 bits per heavy atom. The molecule has 7 nitrogen and oxygen atoms in total. The van der Waals surface area contributed by atoms with Crippen molar-refractivity contribution in [2.45, 2.75) is 22.6 Å². The van der Waals surface area contributed by atoms with Crippen LogP contribution in [-0.4, -0.2) is 44.6 Å². The highest BCUT2D eigenvalue weighted by atomic mass is 79.9. The number of fused-ring (bicyclic) bond motifs is 9. The van der Waals surface area contributed by atoms with Crippen molar-refractivity contribution in [1.29, 1.82) is 0 Å². The maximum atomic E-state index is 13.1. The maximum absolute atomic E-state index is 13.1. The van der Waals surface area contributed by atoms with Gasteiger partial charge in [0.05, 0.1) is 16.9 Å². The summed E-state index contributed by atoms with van der Waals surface area (Å²) in [6, 6.07) is 8.07. The van der Waals surface area contributed by atoms with Gasteiger partial charge in [-0.1, -0.05) is 39.4 Å². The number of amides is 2. The first-order valence-corrected chi connectivity index (χ1v) is 12.6. The summed E-state index contributed by atoms with van der Waals surface area (Å²) < 4.78 is 0.967. The Kier molecular flexibility index (Phi) is 4.33. The van der Waals surface area contributed by atoms with Crippen molar-refractivity contribution in [3.8, 4) is 0 Å². The molecule has 2 aliphatic carbocycles. The minimum Gasteiger partial charge on any atom is -0.480 e. The number of H-pyrrole nitrogens is 1. The van der Waals surface area contributed by atoms with Crippen LogP contribution in [0.15, 0.2) is 38.6 Å². The number of halogens is 1. The minimum atomic E-state index is -1.17. The summed E-state index contributed by atoms with van der Waals surface area (Å²) in [5.41, 5.74) is 1.10. The number of carboxylic acid groups (broad SMARTS) is 1. The summed E-state index contributed by atoms with van der Waals surface area (Å²) in [7, 11) is 0. The van der Waals surface area contributed by atoms with Gasteiger partial charge >= 0.3 is 10.8 Å². The molecule has 160 valence electrons. The number of rotatable bonds is 3. The average molecular weight is 521 g/mol. The molecule has 0 radical (unpaired) electrons. The van der Waals surface area contributed by atoms with Crippen LogP contribution in [-0.2, 0) is 14.4 Å². The Labute approximate surface area is 193 Å². The average Bonchev–Trinajstić information content (AvgIpc) is 3.44. The number of nitrogens with one attached hydrogen (secondary N) is 1. The van der Waals surface area contributed by atoms with Gasteiger partial charge in [-0.15, -0.1) is 11.8 Å². The van der Waals surface area contributed by atoms with Crippen LogP contribution in [0.1, 0.15) is 22.8 Å². The molecule has 1 saturated heterocycles. The lowest BCUT2D eigenvalue weighted by Gasteiger charge is -2.43. The summed E-state index contributed by atoms with van der Waals surface area (Å²) in [6.45, 7) is -0.566. The van der Waals surface area contributed by atoms with E-state index in [1.54, 1.807) is 11.8 Å². The number of carbonyl (C=O) groups excluding carboxylic acids is 2. The molecule has 0 spiro atoms. The van der Waals surface area contributed by atoms with E-state index in [2.05, 4.69) is 33.0 Å². The van der Waals surface area contributed by atoms with Gasteiger partial charge < -0.3 is 10.1 Å². The third-order valence-electron chi connectivity index (χ3n) is 7.34. The molecule has 2 N–H and O–H groups in total. The standard InChI is InChI=1S/C21H17BrN2O5S2/c22-8-3-1-7(2-4-8)12-13-9-5-10(16(13)30-18-17(12)31-21(29)23-18)15-14(9)19(27)24(20(15)28)6-11(25)26/h1-4,9-10,12-16H,5-6H2,(H,23,29)(H,25,26)/t9-,10-,12+,13-,14+,15-,16-/m1/s1. The van der Waals surface area contributed by atoms with Crippen molar-refractivity contribution in [1.82, 2.24) is 9.88 Å². The highest BCUT2D eigenvalue weighted by Crippen LogP contribution is 2.68. The monoisotopic (exact) mass is 520 g/mol. The number of aliphatic carboxylic acids is 1. The molecule has 0 unspecified atom stereocenters. The predicted molar refractivity (Wildman–Crippen MR) is 117 cm³/mol. The second-order valence-corrected chi connectivity index (χ2v) is 11.8. The van der Waals surface area contributed by atoms with Crippen LogP contribution >= 0.6 is 39.0 Å². The molecule has 2 aliphatic heterocycles. The summed E-state index contributed by atoms with van der Waals surface area (Å²) in [5, 5.41) is 10.1. The quantitative estimate of drug-likeness (QED) is 0.602. The van der Waals surface area contributed by atoms with E-state index in [0.29, 0.717) is 0 Å². The van der Waals surface area contributed by atoms with E-state index in [4.69, 9.17) is 5.11 Å². The summed E-state index contributed by atoms with van der Waals surface area (Å²) in [6.07, 6.45) is 0.794. The third-order valence-corrected chi connectivity index (χ3v) is 10.5. The molecule has 1 aromatic carbocycles. The van der Waals surface area contributed by atoms with Crippen molar-refractivity contribution >= 4 is 56.8 Å². The number of hydrogen-bond acceptors (Lipinski definition) is 6. The fourth-order valence-electron chi connectivity index (χ4n) is 6.41. The molecule has 4 aliphatic rings. The van der Waals surface area contributed by atoms with Crippen LogP contribution in [0.2, 0.25) is 0 Å². The largest absolute Gasteiger partial charge is 0.480 e. The number of carboxylic acids is 1. The van der Waals surface area contributed by atoms with E-state index in [1.807, 2.05) is 12.1 Å². The van der Waals surface area contributed by atoms with Crippen LogP contribution in [0.25, 0.3) is 0 Å². The molecule has 10 heteroatoms. The van der Waals surface area contributed by atoms with Crippen molar-refractivity contribution in [2.75, 3.05) is 6.54 Å². The topological polar surface area (TPSA) is 108 Å². The van der Waals surface area contributed by atoms with Gasteiger partial charge in [0.1, 0.15) is 6.54 Å². The molecular weight excluding hydrogens is 504 g/mol. The molecule has 31 heavy (non-hydrogen) atoms. The van der Waals surface area contributed by atoms with Gasteiger partial charge in [0.2, 0.25) is 11.8 Å². The third kappa shape index (κ3) is 2.70. The number of likely N-dealkylation sites (tertiary alicyclic amines) is 1. The number of benzene rings is 1. The van der Waals surface area contributed by atoms with Gasteiger partial charge in [0, 0.05) is 20.5 Å². The summed E-state index contributed by atoms with van der Waals surface area (Å²) >= 11 is 6.33. The number of aromatic nitrogens is 1. The number of hydrogen-bond donors (Lipinski definition) is 2. The molecule has 3 heterocycles. The molecule has 6 rings (SSSR count). The Bertz CT molecular complexity index is 1190. The van der Waals surface area contributed by atoms with Gasteiger partial charge in [-0.3, -0.25) is 24.1 Å². The Morgan fingerprint density at radius 2 is 1.81 bits per heavy atom. The molecule has 2 saturated carbocycles. The molecule has 2 amide bonds. The number of carbonyl (C=O) groups is 3. The smallest absolute Gasteiger partial charge is 0.323 e. The lowest BCUT2D eigenvalue weighted by Crippen LogP contribution is -2.42.